The van der Waals surface area contributed by atoms with Gasteiger partial charge in [-0.2, -0.15) is 17.0 Å². The molecule has 1 fully saturated rings. The molecule has 1 aromatic rings. The SMILES string of the molecule is N#Cc1cc(F)c(CNCCN2CCSCC2)c(F)c1. The summed E-state index contributed by atoms with van der Waals surface area (Å²) in [5.74, 6) is 0.976. The molecule has 2 rings (SSSR count). The zero-order chi connectivity index (χ0) is 14.4. The number of hydrogen-bond donors (Lipinski definition) is 1. The smallest absolute Gasteiger partial charge is 0.131 e. The van der Waals surface area contributed by atoms with Crippen LogP contribution in [0.25, 0.3) is 0 Å². The van der Waals surface area contributed by atoms with Gasteiger partial charge >= 0.3 is 0 Å². The molecule has 0 unspecified atom stereocenters. The van der Waals surface area contributed by atoms with Crippen LogP contribution in [-0.4, -0.2) is 42.6 Å². The maximum atomic E-state index is 13.6. The van der Waals surface area contributed by atoms with E-state index >= 15 is 0 Å². The van der Waals surface area contributed by atoms with E-state index in [4.69, 9.17) is 5.26 Å². The first kappa shape index (κ1) is 15.2. The lowest BCUT2D eigenvalue weighted by molar-refractivity contribution is 0.300. The Morgan fingerprint density at radius 1 is 1.25 bits per heavy atom. The zero-order valence-electron chi connectivity index (χ0n) is 11.2. The van der Waals surface area contributed by atoms with Crippen LogP contribution < -0.4 is 5.32 Å². The Morgan fingerprint density at radius 3 is 2.50 bits per heavy atom. The summed E-state index contributed by atoms with van der Waals surface area (Å²) in [6, 6.07) is 3.88. The molecular formula is C14H17F2N3S. The van der Waals surface area contributed by atoms with Gasteiger partial charge in [0.2, 0.25) is 0 Å². The Labute approximate surface area is 122 Å². The molecule has 1 saturated heterocycles. The van der Waals surface area contributed by atoms with Crippen LogP contribution in [0.2, 0.25) is 0 Å². The Balaban J connectivity index is 1.80. The van der Waals surface area contributed by atoms with Crippen LogP contribution in [0.1, 0.15) is 11.1 Å². The summed E-state index contributed by atoms with van der Waals surface area (Å²) in [4.78, 5) is 2.34. The molecule has 1 N–H and O–H groups in total. The Bertz CT molecular complexity index is 473. The van der Waals surface area contributed by atoms with Crippen LogP contribution in [0.3, 0.4) is 0 Å². The van der Waals surface area contributed by atoms with Crippen molar-refractivity contribution in [1.82, 2.24) is 10.2 Å². The summed E-state index contributed by atoms with van der Waals surface area (Å²) < 4.78 is 27.3. The summed E-state index contributed by atoms with van der Waals surface area (Å²) in [5.41, 5.74) is 0.00719. The highest BCUT2D eigenvalue weighted by Gasteiger charge is 2.12. The van der Waals surface area contributed by atoms with E-state index in [1.807, 2.05) is 11.8 Å². The minimum Gasteiger partial charge on any atom is -0.311 e. The van der Waals surface area contributed by atoms with Gasteiger partial charge in [0.15, 0.2) is 0 Å². The Kier molecular flexibility index (Phi) is 5.77. The molecule has 20 heavy (non-hydrogen) atoms. The highest BCUT2D eigenvalue weighted by atomic mass is 32.2. The van der Waals surface area contributed by atoms with Crippen molar-refractivity contribution < 1.29 is 8.78 Å². The van der Waals surface area contributed by atoms with Gasteiger partial charge in [-0.05, 0) is 12.1 Å². The second-order valence-electron chi connectivity index (χ2n) is 4.66. The summed E-state index contributed by atoms with van der Waals surface area (Å²) in [5, 5.41) is 11.7. The minimum absolute atomic E-state index is 0.00167. The highest BCUT2D eigenvalue weighted by Crippen LogP contribution is 2.15. The van der Waals surface area contributed by atoms with Gasteiger partial charge in [-0.1, -0.05) is 0 Å². The van der Waals surface area contributed by atoms with E-state index in [2.05, 4.69) is 10.2 Å². The fraction of sp³-hybridized carbons (Fsp3) is 0.500. The molecule has 0 amide bonds. The van der Waals surface area contributed by atoms with Crippen molar-refractivity contribution in [3.05, 3.63) is 34.9 Å². The predicted octanol–water partition coefficient (Wildman–Crippen LogP) is 1.97. The molecule has 0 aromatic heterocycles. The number of rotatable bonds is 5. The van der Waals surface area contributed by atoms with Crippen molar-refractivity contribution in [2.24, 2.45) is 0 Å². The number of halogens is 2. The molecular weight excluding hydrogens is 280 g/mol. The monoisotopic (exact) mass is 297 g/mol. The second-order valence-corrected chi connectivity index (χ2v) is 5.89. The van der Waals surface area contributed by atoms with E-state index in [0.29, 0.717) is 6.54 Å². The third-order valence-electron chi connectivity index (χ3n) is 3.28. The van der Waals surface area contributed by atoms with Crippen molar-refractivity contribution in [2.45, 2.75) is 6.54 Å². The minimum atomic E-state index is -0.663. The van der Waals surface area contributed by atoms with Gasteiger partial charge in [-0.15, -0.1) is 0 Å². The predicted molar refractivity (Wildman–Crippen MR) is 76.5 cm³/mol. The Morgan fingerprint density at radius 2 is 1.90 bits per heavy atom. The lowest BCUT2D eigenvalue weighted by Crippen LogP contribution is -2.37. The summed E-state index contributed by atoms with van der Waals surface area (Å²) in [6.07, 6.45) is 0. The quantitative estimate of drug-likeness (QED) is 0.844. The summed E-state index contributed by atoms with van der Waals surface area (Å²) in [7, 11) is 0. The first-order valence-electron chi connectivity index (χ1n) is 6.59. The van der Waals surface area contributed by atoms with Crippen molar-refractivity contribution in [1.29, 1.82) is 5.26 Å². The number of nitrogens with one attached hydrogen (secondary N) is 1. The molecule has 6 heteroatoms. The molecule has 1 aliphatic rings. The maximum Gasteiger partial charge on any atom is 0.131 e. The molecule has 0 aliphatic carbocycles. The van der Waals surface area contributed by atoms with E-state index in [-0.39, 0.29) is 17.7 Å². The molecule has 0 bridgehead atoms. The maximum absolute atomic E-state index is 13.6. The zero-order valence-corrected chi connectivity index (χ0v) is 12.0. The molecule has 0 saturated carbocycles. The number of thioether (sulfide) groups is 1. The van der Waals surface area contributed by atoms with Gasteiger partial charge in [-0.3, -0.25) is 0 Å². The average Bonchev–Trinajstić information content (AvgIpc) is 2.46. The molecule has 0 atom stereocenters. The number of hydrogen-bond acceptors (Lipinski definition) is 4. The number of benzene rings is 1. The van der Waals surface area contributed by atoms with Crippen LogP contribution >= 0.6 is 11.8 Å². The van der Waals surface area contributed by atoms with Crippen molar-refractivity contribution >= 4 is 11.8 Å². The van der Waals surface area contributed by atoms with Gasteiger partial charge in [0, 0.05) is 49.8 Å². The van der Waals surface area contributed by atoms with Crippen LogP contribution in [0.5, 0.6) is 0 Å². The standard InChI is InChI=1S/C14H17F2N3S/c15-13-7-11(9-17)8-14(16)12(13)10-18-1-2-19-3-5-20-6-4-19/h7-8,18H,1-6,10H2. The van der Waals surface area contributed by atoms with Gasteiger partial charge in [0.05, 0.1) is 11.6 Å². The lowest BCUT2D eigenvalue weighted by Gasteiger charge is -2.26. The van der Waals surface area contributed by atoms with E-state index in [1.165, 1.54) is 0 Å². The van der Waals surface area contributed by atoms with Crippen LogP contribution in [0.15, 0.2) is 12.1 Å². The van der Waals surface area contributed by atoms with Gasteiger partial charge in [-0.25, -0.2) is 8.78 Å². The van der Waals surface area contributed by atoms with Gasteiger partial charge in [0.1, 0.15) is 11.6 Å². The van der Waals surface area contributed by atoms with Crippen molar-refractivity contribution in [3.8, 4) is 6.07 Å². The third-order valence-corrected chi connectivity index (χ3v) is 4.22. The fourth-order valence-corrected chi connectivity index (χ4v) is 3.09. The van der Waals surface area contributed by atoms with Gasteiger partial charge in [0.25, 0.3) is 0 Å². The third kappa shape index (κ3) is 4.17. The second kappa shape index (κ2) is 7.58. The molecule has 1 aliphatic heterocycles. The molecule has 3 nitrogen and oxygen atoms in total. The molecule has 0 spiro atoms. The largest absolute Gasteiger partial charge is 0.311 e. The Hall–Kier alpha value is -1.16. The normalized spacial score (nSPS) is 16.1. The average molecular weight is 297 g/mol. The summed E-state index contributed by atoms with van der Waals surface area (Å²) >= 11 is 1.95. The number of nitriles is 1. The van der Waals surface area contributed by atoms with Crippen LogP contribution in [0, 0.1) is 23.0 Å². The van der Waals surface area contributed by atoms with Crippen LogP contribution in [-0.2, 0) is 6.54 Å². The molecule has 1 heterocycles. The van der Waals surface area contributed by atoms with E-state index in [0.717, 1.165) is 43.3 Å². The highest BCUT2D eigenvalue weighted by molar-refractivity contribution is 7.99. The fourth-order valence-electron chi connectivity index (χ4n) is 2.11. The molecule has 108 valence electrons. The van der Waals surface area contributed by atoms with E-state index < -0.39 is 11.6 Å². The molecule has 0 radical (unpaired) electrons. The van der Waals surface area contributed by atoms with Crippen molar-refractivity contribution in [3.63, 3.8) is 0 Å². The topological polar surface area (TPSA) is 39.1 Å². The van der Waals surface area contributed by atoms with Crippen molar-refractivity contribution in [2.75, 3.05) is 37.7 Å². The first-order valence-corrected chi connectivity index (χ1v) is 7.75. The summed E-state index contributed by atoms with van der Waals surface area (Å²) in [6.45, 7) is 3.88. The first-order chi connectivity index (χ1) is 9.70. The van der Waals surface area contributed by atoms with E-state index in [9.17, 15) is 8.78 Å². The molecule has 1 aromatic carbocycles. The number of nitrogens with zero attached hydrogens (tertiary/aromatic N) is 2. The van der Waals surface area contributed by atoms with Gasteiger partial charge < -0.3 is 10.2 Å². The lowest BCUT2D eigenvalue weighted by atomic mass is 10.1. The van der Waals surface area contributed by atoms with E-state index in [1.54, 1.807) is 6.07 Å². The van der Waals surface area contributed by atoms with Crippen LogP contribution in [0.4, 0.5) is 8.78 Å².